The number of hydrogen-bond acceptors (Lipinski definition) is 3. The summed E-state index contributed by atoms with van der Waals surface area (Å²) in [5.41, 5.74) is 9.03. The summed E-state index contributed by atoms with van der Waals surface area (Å²) in [6, 6.07) is 51.0. The lowest BCUT2D eigenvalue weighted by atomic mass is 9.99. The molecular formula is C41H26N4. The van der Waals surface area contributed by atoms with Crippen LogP contribution in [0.25, 0.3) is 82.9 Å². The summed E-state index contributed by atoms with van der Waals surface area (Å²) in [7, 11) is 0. The van der Waals surface area contributed by atoms with Gasteiger partial charge in [0.2, 0.25) is 0 Å². The summed E-state index contributed by atoms with van der Waals surface area (Å²) in [4.78, 5) is 14.6. The molecule has 0 radical (unpaired) electrons. The minimum Gasteiger partial charge on any atom is -0.309 e. The van der Waals surface area contributed by atoms with Crippen molar-refractivity contribution in [1.29, 1.82) is 0 Å². The fourth-order valence-electron chi connectivity index (χ4n) is 6.55. The van der Waals surface area contributed by atoms with Gasteiger partial charge >= 0.3 is 0 Å². The molecule has 0 atom stereocenters. The fourth-order valence-corrected chi connectivity index (χ4v) is 6.55. The van der Waals surface area contributed by atoms with Crippen molar-refractivity contribution in [2.75, 3.05) is 0 Å². The topological polar surface area (TPSA) is 43.6 Å². The highest BCUT2D eigenvalue weighted by Gasteiger charge is 2.13. The first-order valence-electron chi connectivity index (χ1n) is 15.1. The van der Waals surface area contributed by atoms with Crippen molar-refractivity contribution in [3.8, 4) is 39.6 Å². The molecule has 45 heavy (non-hydrogen) atoms. The summed E-state index contributed by atoms with van der Waals surface area (Å²) in [5.74, 6) is 0. The average Bonchev–Trinajstić information content (AvgIpc) is 3.46. The maximum Gasteiger partial charge on any atom is 0.0893 e. The van der Waals surface area contributed by atoms with Gasteiger partial charge in [0.1, 0.15) is 0 Å². The zero-order chi connectivity index (χ0) is 29.7. The number of aromatic nitrogens is 4. The van der Waals surface area contributed by atoms with Gasteiger partial charge in [-0.15, -0.1) is 0 Å². The second kappa shape index (κ2) is 10.2. The molecule has 0 aliphatic heterocycles. The Bertz CT molecular complexity index is 2510. The van der Waals surface area contributed by atoms with Crippen LogP contribution in [0.4, 0.5) is 0 Å². The van der Waals surface area contributed by atoms with Crippen LogP contribution in [0.1, 0.15) is 0 Å². The maximum atomic E-state index is 5.10. The van der Waals surface area contributed by atoms with Crippen LogP contribution in [0.15, 0.2) is 158 Å². The Morgan fingerprint density at radius 1 is 0.400 bits per heavy atom. The standard InChI is InChI=1S/C41H26N4/c1-2-11-32-27(8-1)18-19-28-24-30(20-21-33(28)32)37-14-7-16-39(44-37)38-15-6-13-36(43-38)29-9-5-10-31(25-29)45-40-17-4-3-12-34(40)35-26-42-23-22-41(35)45/h1-26H. The first-order valence-corrected chi connectivity index (χ1v) is 15.1. The van der Waals surface area contributed by atoms with E-state index in [9.17, 15) is 0 Å². The van der Waals surface area contributed by atoms with Crippen LogP contribution < -0.4 is 0 Å². The zero-order valence-corrected chi connectivity index (χ0v) is 24.3. The van der Waals surface area contributed by atoms with Crippen molar-refractivity contribution in [1.82, 2.24) is 19.5 Å². The van der Waals surface area contributed by atoms with Crippen molar-refractivity contribution in [2.24, 2.45) is 0 Å². The molecule has 0 N–H and O–H groups in total. The van der Waals surface area contributed by atoms with E-state index in [1.807, 2.05) is 24.5 Å². The lowest BCUT2D eigenvalue weighted by Gasteiger charge is -2.11. The van der Waals surface area contributed by atoms with Gasteiger partial charge < -0.3 is 4.57 Å². The Balaban J connectivity index is 1.10. The van der Waals surface area contributed by atoms with E-state index in [1.54, 1.807) is 0 Å². The lowest BCUT2D eigenvalue weighted by Crippen LogP contribution is -1.95. The number of hydrogen-bond donors (Lipinski definition) is 0. The molecule has 0 unspecified atom stereocenters. The van der Waals surface area contributed by atoms with Gasteiger partial charge in [-0.25, -0.2) is 9.97 Å². The maximum absolute atomic E-state index is 5.10. The average molecular weight is 575 g/mol. The summed E-state index contributed by atoms with van der Waals surface area (Å²) >= 11 is 0. The van der Waals surface area contributed by atoms with Gasteiger partial charge in [0, 0.05) is 40.0 Å². The van der Waals surface area contributed by atoms with Gasteiger partial charge in [-0.05, 0) is 76.1 Å². The monoisotopic (exact) mass is 574 g/mol. The summed E-state index contributed by atoms with van der Waals surface area (Å²) < 4.78 is 2.30. The van der Waals surface area contributed by atoms with Crippen molar-refractivity contribution in [2.45, 2.75) is 0 Å². The molecule has 0 aliphatic carbocycles. The quantitative estimate of drug-likeness (QED) is 0.196. The highest BCUT2D eigenvalue weighted by atomic mass is 15.0. The third-order valence-corrected chi connectivity index (χ3v) is 8.68. The second-order valence-electron chi connectivity index (χ2n) is 11.3. The minimum atomic E-state index is 0.842. The molecule has 0 fully saturated rings. The Morgan fingerprint density at radius 2 is 1.04 bits per heavy atom. The number of para-hydroxylation sites is 1. The Kier molecular flexibility index (Phi) is 5.78. The van der Waals surface area contributed by atoms with Gasteiger partial charge in [-0.3, -0.25) is 4.98 Å². The van der Waals surface area contributed by atoms with E-state index in [0.717, 1.165) is 56.0 Å². The van der Waals surface area contributed by atoms with E-state index in [0.29, 0.717) is 0 Å². The third kappa shape index (κ3) is 4.27. The molecule has 4 heterocycles. The first kappa shape index (κ1) is 25.4. The normalized spacial score (nSPS) is 11.6. The molecule has 9 rings (SSSR count). The highest BCUT2D eigenvalue weighted by molar-refractivity contribution is 6.09. The molecule has 0 spiro atoms. The summed E-state index contributed by atoms with van der Waals surface area (Å²) in [5, 5.41) is 7.31. The fraction of sp³-hybridized carbons (Fsp3) is 0. The highest BCUT2D eigenvalue weighted by Crippen LogP contribution is 2.33. The van der Waals surface area contributed by atoms with E-state index >= 15 is 0 Å². The second-order valence-corrected chi connectivity index (χ2v) is 11.3. The largest absolute Gasteiger partial charge is 0.309 e. The van der Waals surface area contributed by atoms with Crippen LogP contribution in [0.2, 0.25) is 0 Å². The predicted molar refractivity (Wildman–Crippen MR) is 185 cm³/mol. The molecule has 0 saturated heterocycles. The minimum absolute atomic E-state index is 0.842. The molecule has 9 aromatic rings. The molecule has 210 valence electrons. The predicted octanol–water partition coefficient (Wildman–Crippen LogP) is 10.3. The molecule has 0 saturated carbocycles. The lowest BCUT2D eigenvalue weighted by molar-refractivity contribution is 1.17. The Hall–Kier alpha value is -6.13. The van der Waals surface area contributed by atoms with E-state index in [1.165, 1.54) is 26.9 Å². The van der Waals surface area contributed by atoms with Gasteiger partial charge in [-0.1, -0.05) is 91.0 Å². The molecule has 4 aromatic heterocycles. The third-order valence-electron chi connectivity index (χ3n) is 8.68. The van der Waals surface area contributed by atoms with Crippen molar-refractivity contribution in [3.63, 3.8) is 0 Å². The molecule has 0 aliphatic rings. The molecule has 4 nitrogen and oxygen atoms in total. The van der Waals surface area contributed by atoms with Gasteiger partial charge in [-0.2, -0.15) is 0 Å². The van der Waals surface area contributed by atoms with Gasteiger partial charge in [0.15, 0.2) is 0 Å². The molecule has 4 heteroatoms. The van der Waals surface area contributed by atoms with Gasteiger partial charge in [0.25, 0.3) is 0 Å². The Labute approximate surface area is 259 Å². The molecule has 0 bridgehead atoms. The number of benzene rings is 5. The molecule has 0 amide bonds. The first-order chi connectivity index (χ1) is 22.3. The van der Waals surface area contributed by atoms with E-state index in [4.69, 9.17) is 9.97 Å². The van der Waals surface area contributed by atoms with E-state index < -0.39 is 0 Å². The molecular weight excluding hydrogens is 548 g/mol. The van der Waals surface area contributed by atoms with E-state index in [-0.39, 0.29) is 0 Å². The van der Waals surface area contributed by atoms with Crippen molar-refractivity contribution < 1.29 is 0 Å². The van der Waals surface area contributed by atoms with Crippen LogP contribution in [0.3, 0.4) is 0 Å². The van der Waals surface area contributed by atoms with Gasteiger partial charge in [0.05, 0.1) is 33.8 Å². The zero-order valence-electron chi connectivity index (χ0n) is 24.3. The molecule has 5 aromatic carbocycles. The van der Waals surface area contributed by atoms with Crippen LogP contribution >= 0.6 is 0 Å². The van der Waals surface area contributed by atoms with Crippen LogP contribution in [0, 0.1) is 0 Å². The SMILES string of the molecule is c1cc(-c2cccc(-c3cccc(-c4ccc5c(ccc6ccccc65)c4)n3)n2)cc(-n2c3ccccc3c3cnccc32)c1. The number of nitrogens with zero attached hydrogens (tertiary/aromatic N) is 4. The van der Waals surface area contributed by atoms with Crippen LogP contribution in [0.5, 0.6) is 0 Å². The Morgan fingerprint density at radius 3 is 1.89 bits per heavy atom. The number of fused-ring (bicyclic) bond motifs is 6. The summed E-state index contributed by atoms with van der Waals surface area (Å²) in [6.07, 6.45) is 3.80. The van der Waals surface area contributed by atoms with Crippen molar-refractivity contribution >= 4 is 43.4 Å². The smallest absolute Gasteiger partial charge is 0.0893 e. The van der Waals surface area contributed by atoms with Crippen LogP contribution in [-0.4, -0.2) is 19.5 Å². The number of rotatable bonds is 4. The van der Waals surface area contributed by atoms with Crippen molar-refractivity contribution in [3.05, 3.63) is 158 Å². The van der Waals surface area contributed by atoms with Crippen LogP contribution in [-0.2, 0) is 0 Å². The van der Waals surface area contributed by atoms with E-state index in [2.05, 4.69) is 143 Å². The summed E-state index contributed by atoms with van der Waals surface area (Å²) in [6.45, 7) is 0. The number of pyridine rings is 3.